The Balaban J connectivity index is 1.41. The number of hydrogen-bond donors (Lipinski definition) is 2. The van der Waals surface area contributed by atoms with Gasteiger partial charge in [-0.25, -0.2) is 23.2 Å². The number of sulfone groups is 1. The number of aromatic amines is 1. The van der Waals surface area contributed by atoms with E-state index in [0.717, 1.165) is 43.7 Å². The van der Waals surface area contributed by atoms with Gasteiger partial charge in [-0.15, -0.1) is 0 Å². The molecule has 0 spiro atoms. The maximum atomic E-state index is 12.6. The highest BCUT2D eigenvalue weighted by Crippen LogP contribution is 2.40. The second kappa shape index (κ2) is 8.10. The summed E-state index contributed by atoms with van der Waals surface area (Å²) in [7, 11) is -3.32. The van der Waals surface area contributed by atoms with Crippen LogP contribution in [0.1, 0.15) is 43.5 Å². The second-order valence-corrected chi connectivity index (χ2v) is 11.3. The Hall–Kier alpha value is -2.99. The Kier molecular flexibility index (Phi) is 5.36. The number of carbonyl (C=O) groups is 1. The van der Waals surface area contributed by atoms with Crippen LogP contribution in [-0.2, 0) is 14.6 Å². The maximum absolute atomic E-state index is 12.6. The molecule has 2 heterocycles. The monoisotopic (exact) mass is 487 g/mol. The lowest BCUT2D eigenvalue weighted by atomic mass is 10.3. The van der Waals surface area contributed by atoms with E-state index in [2.05, 4.69) is 20.3 Å². The molecule has 2 aliphatic rings. The predicted octanol–water partition coefficient (Wildman–Crippen LogP) is 1.83. The lowest BCUT2D eigenvalue weighted by Crippen LogP contribution is -2.31. The number of thioether (sulfide) groups is 1. The lowest BCUT2D eigenvalue weighted by molar-refractivity contribution is -0.113. The Morgan fingerprint density at radius 3 is 2.45 bits per heavy atom. The molecule has 0 bridgehead atoms. The fourth-order valence-corrected chi connectivity index (χ4v) is 5.01. The molecule has 10 nitrogen and oxygen atoms in total. The van der Waals surface area contributed by atoms with Gasteiger partial charge in [-0.1, -0.05) is 11.8 Å². The summed E-state index contributed by atoms with van der Waals surface area (Å²) in [4.78, 5) is 49.3. The zero-order valence-corrected chi connectivity index (χ0v) is 19.3. The van der Waals surface area contributed by atoms with Crippen LogP contribution in [0.4, 0.5) is 5.69 Å². The summed E-state index contributed by atoms with van der Waals surface area (Å²) in [5.74, 6) is 0.449. The van der Waals surface area contributed by atoms with E-state index < -0.39 is 21.1 Å². The fourth-order valence-electron chi connectivity index (χ4n) is 3.55. The summed E-state index contributed by atoms with van der Waals surface area (Å²) in [5.41, 5.74) is -0.239. The number of H-pyrrole nitrogens is 1. The van der Waals surface area contributed by atoms with Crippen LogP contribution in [0.2, 0.25) is 0 Å². The highest BCUT2D eigenvalue weighted by molar-refractivity contribution is 8.00. The number of fused-ring (bicyclic) bond motifs is 1. The molecule has 12 heteroatoms. The zero-order valence-electron chi connectivity index (χ0n) is 17.7. The normalized spacial score (nSPS) is 16.2. The van der Waals surface area contributed by atoms with Crippen molar-refractivity contribution in [2.24, 2.45) is 0 Å². The predicted molar refractivity (Wildman–Crippen MR) is 124 cm³/mol. The van der Waals surface area contributed by atoms with Crippen molar-refractivity contribution in [1.82, 2.24) is 19.5 Å². The van der Waals surface area contributed by atoms with Crippen LogP contribution in [0.25, 0.3) is 11.0 Å². The van der Waals surface area contributed by atoms with Crippen LogP contribution in [0.5, 0.6) is 0 Å². The summed E-state index contributed by atoms with van der Waals surface area (Å²) in [6, 6.07) is 5.91. The van der Waals surface area contributed by atoms with Crippen molar-refractivity contribution in [3.63, 3.8) is 0 Å². The first-order valence-corrected chi connectivity index (χ1v) is 13.4. The highest BCUT2D eigenvalue weighted by atomic mass is 32.2. The molecule has 33 heavy (non-hydrogen) atoms. The molecule has 2 N–H and O–H groups in total. The van der Waals surface area contributed by atoms with E-state index in [1.165, 1.54) is 28.8 Å². The summed E-state index contributed by atoms with van der Waals surface area (Å²) < 4.78 is 24.7. The van der Waals surface area contributed by atoms with Gasteiger partial charge in [0.15, 0.2) is 15.5 Å². The fraction of sp³-hybridized carbons (Fsp3) is 0.381. The van der Waals surface area contributed by atoms with Gasteiger partial charge in [0, 0.05) is 23.9 Å². The summed E-state index contributed by atoms with van der Waals surface area (Å²) in [5, 5.41) is 3.31. The number of carbonyl (C=O) groups excluding carboxylic acids is 1. The van der Waals surface area contributed by atoms with Crippen molar-refractivity contribution >= 4 is 44.2 Å². The Labute approximate surface area is 192 Å². The largest absolute Gasteiger partial charge is 0.330 e. The van der Waals surface area contributed by atoms with Crippen molar-refractivity contribution in [3.8, 4) is 0 Å². The van der Waals surface area contributed by atoms with Crippen LogP contribution in [0.15, 0.2) is 43.8 Å². The van der Waals surface area contributed by atoms with Crippen molar-refractivity contribution in [2.75, 3.05) is 17.3 Å². The van der Waals surface area contributed by atoms with E-state index in [1.807, 2.05) is 0 Å². The van der Waals surface area contributed by atoms with Crippen LogP contribution in [-0.4, -0.2) is 45.9 Å². The quantitative estimate of drug-likeness (QED) is 0.379. The Bertz CT molecular complexity index is 1490. The number of anilines is 1. The van der Waals surface area contributed by atoms with Gasteiger partial charge in [0.25, 0.3) is 5.56 Å². The van der Waals surface area contributed by atoms with Gasteiger partial charge in [-0.05, 0) is 49.9 Å². The summed E-state index contributed by atoms with van der Waals surface area (Å²) in [6.45, 7) is 0. The van der Waals surface area contributed by atoms with Gasteiger partial charge in [0.05, 0.1) is 10.6 Å². The molecule has 0 atom stereocenters. The van der Waals surface area contributed by atoms with E-state index >= 15 is 0 Å². The van der Waals surface area contributed by atoms with Gasteiger partial charge in [0.2, 0.25) is 5.91 Å². The molecule has 2 aliphatic carbocycles. The molecule has 1 aromatic carbocycles. The minimum atomic E-state index is -3.32. The van der Waals surface area contributed by atoms with Crippen molar-refractivity contribution in [1.29, 1.82) is 0 Å². The minimum absolute atomic E-state index is 0.0218. The molecule has 5 rings (SSSR count). The number of hydrogen-bond acceptors (Lipinski definition) is 8. The van der Waals surface area contributed by atoms with Crippen LogP contribution >= 0.6 is 11.8 Å². The molecule has 0 radical (unpaired) electrons. The number of nitrogens with one attached hydrogen (secondary N) is 2. The molecule has 172 valence electrons. The first kappa shape index (κ1) is 21.8. The molecular weight excluding hydrogens is 466 g/mol. The van der Waals surface area contributed by atoms with E-state index in [9.17, 15) is 22.8 Å². The lowest BCUT2D eigenvalue weighted by Gasteiger charge is -2.12. The van der Waals surface area contributed by atoms with Crippen LogP contribution in [0.3, 0.4) is 0 Å². The molecule has 0 unspecified atom stereocenters. The van der Waals surface area contributed by atoms with Crippen LogP contribution in [0, 0.1) is 0 Å². The number of rotatable bonds is 7. The van der Waals surface area contributed by atoms with Crippen molar-refractivity contribution in [3.05, 3.63) is 50.9 Å². The van der Waals surface area contributed by atoms with Crippen molar-refractivity contribution in [2.45, 2.75) is 47.6 Å². The van der Waals surface area contributed by atoms with Gasteiger partial charge < -0.3 is 5.32 Å². The highest BCUT2D eigenvalue weighted by Gasteiger charge is 2.32. The third-order valence-corrected chi connectivity index (χ3v) is 7.63. The number of nitrogens with zero attached hydrogens (tertiary/aromatic N) is 3. The third kappa shape index (κ3) is 4.58. The molecule has 0 saturated heterocycles. The van der Waals surface area contributed by atoms with E-state index in [4.69, 9.17) is 0 Å². The van der Waals surface area contributed by atoms with Gasteiger partial charge >= 0.3 is 5.69 Å². The minimum Gasteiger partial charge on any atom is -0.325 e. The second-order valence-electron chi connectivity index (χ2n) is 8.35. The van der Waals surface area contributed by atoms with Gasteiger partial charge in [0.1, 0.15) is 16.2 Å². The average Bonchev–Trinajstić information content (AvgIpc) is 3.65. The van der Waals surface area contributed by atoms with Gasteiger partial charge in [-0.3, -0.25) is 19.1 Å². The SMILES string of the molecule is CS(=O)(=O)c1ccc(NC(=O)CSc2nc(C3CC3)nc3c2c(=O)[nH]c(=O)n3C2CC2)cc1. The summed E-state index contributed by atoms with van der Waals surface area (Å²) >= 11 is 1.11. The smallest absolute Gasteiger partial charge is 0.325 e. The number of benzene rings is 1. The molecule has 2 aromatic heterocycles. The molecule has 0 aliphatic heterocycles. The molecular formula is C21H21N5O5S2. The average molecular weight is 488 g/mol. The standard InChI is InChI=1S/C21H21N5O5S2/c1-33(30,31)14-8-4-12(5-9-14)22-15(27)10-32-20-16-18(23-17(24-20)11-2-3-11)26(13-6-7-13)21(29)25-19(16)28/h4-5,8-9,11,13H,2-3,6-7,10H2,1H3,(H,22,27)(H,25,28,29). The third-order valence-electron chi connectivity index (χ3n) is 5.53. The van der Waals surface area contributed by atoms with Crippen LogP contribution < -0.4 is 16.6 Å². The van der Waals surface area contributed by atoms with Crippen molar-refractivity contribution < 1.29 is 13.2 Å². The Morgan fingerprint density at radius 1 is 1.15 bits per heavy atom. The molecule has 3 aromatic rings. The first-order valence-electron chi connectivity index (χ1n) is 10.5. The number of amides is 1. The summed E-state index contributed by atoms with van der Waals surface area (Å²) in [6.07, 6.45) is 4.73. The maximum Gasteiger partial charge on any atom is 0.330 e. The zero-order chi connectivity index (χ0) is 23.3. The molecule has 1 amide bonds. The van der Waals surface area contributed by atoms with E-state index in [1.54, 1.807) is 0 Å². The van der Waals surface area contributed by atoms with E-state index in [-0.39, 0.29) is 33.9 Å². The van der Waals surface area contributed by atoms with E-state index in [0.29, 0.717) is 22.2 Å². The van der Waals surface area contributed by atoms with Gasteiger partial charge in [-0.2, -0.15) is 0 Å². The first-order chi connectivity index (χ1) is 15.7. The molecule has 2 fully saturated rings. The number of aromatic nitrogens is 4. The Morgan fingerprint density at radius 2 is 1.85 bits per heavy atom. The topological polar surface area (TPSA) is 144 Å². The molecule has 2 saturated carbocycles.